The molecule has 19 rings (SSSR count). The maximum atomic E-state index is 9.63. The number of hydrogen-bond acceptors (Lipinski definition) is 6. The minimum Gasteiger partial charge on any atom is -0.455 e. The normalized spacial score (nSPS) is 11.9. The first-order valence-corrected chi connectivity index (χ1v) is 30.3. The van der Waals surface area contributed by atoms with Gasteiger partial charge in [-0.3, -0.25) is 0 Å². The van der Waals surface area contributed by atoms with Crippen LogP contribution in [-0.2, 0) is 0 Å². The molecule has 0 amide bonds. The molecule has 91 heavy (non-hydrogen) atoms. The van der Waals surface area contributed by atoms with Crippen molar-refractivity contribution in [2.24, 2.45) is 0 Å². The summed E-state index contributed by atoms with van der Waals surface area (Å²) >= 11 is 0. The van der Waals surface area contributed by atoms with Crippen LogP contribution in [0.1, 0.15) is 0 Å². The van der Waals surface area contributed by atoms with E-state index in [9.17, 15) is 6.57 Å². The molecular weight excluding hydrogens is 1120 g/mol. The van der Waals surface area contributed by atoms with E-state index in [2.05, 4.69) is 190 Å². The van der Waals surface area contributed by atoms with Crippen LogP contribution in [0.3, 0.4) is 0 Å². The third kappa shape index (κ3) is 7.60. The van der Waals surface area contributed by atoms with Gasteiger partial charge in [-0.1, -0.05) is 200 Å². The number of rotatable bonds is 8. The lowest BCUT2D eigenvalue weighted by molar-refractivity contribution is 0.669. The van der Waals surface area contributed by atoms with Gasteiger partial charge in [-0.15, -0.1) is 0 Å². The Labute approximate surface area is 519 Å². The van der Waals surface area contributed by atoms with Crippen LogP contribution in [0.2, 0.25) is 0 Å². The van der Waals surface area contributed by atoms with Crippen molar-refractivity contribution in [2.75, 3.05) is 0 Å². The van der Waals surface area contributed by atoms with E-state index >= 15 is 0 Å². The largest absolute Gasteiger partial charge is 0.455 e. The highest BCUT2D eigenvalue weighted by Gasteiger charge is 2.32. The van der Waals surface area contributed by atoms with Crippen molar-refractivity contribution in [3.05, 3.63) is 290 Å². The zero-order valence-corrected chi connectivity index (χ0v) is 48.5. The molecule has 6 heterocycles. The molecular formula is C82H46N6O3. The van der Waals surface area contributed by atoms with Crippen LogP contribution in [0.4, 0.5) is 5.69 Å². The molecule has 19 aromatic rings. The highest BCUT2D eigenvalue weighted by atomic mass is 16.3. The molecule has 0 bridgehead atoms. The Kier molecular flexibility index (Phi) is 10.9. The summed E-state index contributed by atoms with van der Waals surface area (Å²) in [5.41, 5.74) is 18.0. The lowest BCUT2D eigenvalue weighted by atomic mass is 9.94. The smallest absolute Gasteiger partial charge is 0.212 e. The first-order chi connectivity index (χ1) is 45.1. The molecule has 0 aliphatic rings. The molecule has 0 saturated carbocycles. The highest BCUT2D eigenvalue weighted by Crippen LogP contribution is 2.53. The summed E-state index contributed by atoms with van der Waals surface area (Å²) in [6, 6.07) is 96.4. The van der Waals surface area contributed by atoms with Crippen molar-refractivity contribution in [1.29, 1.82) is 0 Å². The van der Waals surface area contributed by atoms with Gasteiger partial charge >= 0.3 is 0 Å². The van der Waals surface area contributed by atoms with Crippen LogP contribution in [0.5, 0.6) is 0 Å². The van der Waals surface area contributed by atoms with Gasteiger partial charge in [0.15, 0.2) is 17.5 Å². The van der Waals surface area contributed by atoms with E-state index in [1.165, 1.54) is 0 Å². The zero-order chi connectivity index (χ0) is 59.8. The standard InChI is InChI=1S/C82H46N6O3/c1-83-64-47-63(82-85-80(51-27-12-5-13-28-51)84-81(86-82)60-33-20-32-57-54-29-14-17-34-69(54)89-77(57)60)75(87-65-41-37-52(48-21-6-2-7-22-48)45-61(65)73-67(87)43-39-58-55-30-15-18-35-70(55)90-78(58)73)72(50-25-10-4-11-26-50)76(64)88-66-42-38-53(49-23-8-3-9-24-49)46-62(66)74-68(88)44-40-59-56-31-16-19-36-71(56)91-79(59)74/h2-47H. The number of furan rings is 3. The lowest BCUT2D eigenvalue weighted by Gasteiger charge is -2.24. The quantitative estimate of drug-likeness (QED) is 0.141. The van der Waals surface area contributed by atoms with Crippen LogP contribution in [0.15, 0.2) is 292 Å². The molecule has 0 aliphatic heterocycles. The average Bonchev–Trinajstić information content (AvgIpc) is 1.58. The van der Waals surface area contributed by atoms with Crippen molar-refractivity contribution >= 4 is 115 Å². The summed E-state index contributed by atoms with van der Waals surface area (Å²) in [4.78, 5) is 21.2. The van der Waals surface area contributed by atoms with Gasteiger partial charge in [-0.05, 0) is 107 Å². The third-order valence-electron chi connectivity index (χ3n) is 18.2. The van der Waals surface area contributed by atoms with Crippen molar-refractivity contribution < 1.29 is 13.3 Å². The fraction of sp³-hybridized carbons (Fsp3) is 0. The minimum atomic E-state index is 0.361. The molecule has 13 aromatic carbocycles. The molecule has 0 atom stereocenters. The molecule has 0 unspecified atom stereocenters. The number of hydrogen-bond donors (Lipinski definition) is 0. The Morgan fingerprint density at radius 1 is 0.286 bits per heavy atom. The van der Waals surface area contributed by atoms with Gasteiger partial charge in [-0.25, -0.2) is 19.8 Å². The van der Waals surface area contributed by atoms with Crippen LogP contribution in [0.25, 0.3) is 193 Å². The molecule has 0 fully saturated rings. The Morgan fingerprint density at radius 3 is 1.21 bits per heavy atom. The van der Waals surface area contributed by atoms with E-state index in [1.807, 2.05) is 103 Å². The molecule has 9 nitrogen and oxygen atoms in total. The second-order valence-electron chi connectivity index (χ2n) is 23.2. The van der Waals surface area contributed by atoms with E-state index < -0.39 is 0 Å². The fourth-order valence-electron chi connectivity index (χ4n) is 14.2. The number of aromatic nitrogens is 5. The number of para-hydroxylation sites is 4. The van der Waals surface area contributed by atoms with Gasteiger partial charge in [0.05, 0.1) is 56.3 Å². The number of fused-ring (bicyclic) bond motifs is 17. The second kappa shape index (κ2) is 19.7. The van der Waals surface area contributed by atoms with Crippen molar-refractivity contribution in [3.63, 3.8) is 0 Å². The first kappa shape index (κ1) is 50.5. The summed E-state index contributed by atoms with van der Waals surface area (Å²) in [5, 5.41) is 9.85. The Morgan fingerprint density at radius 2 is 0.692 bits per heavy atom. The summed E-state index contributed by atoms with van der Waals surface area (Å²) in [6.07, 6.45) is 0. The highest BCUT2D eigenvalue weighted by molar-refractivity contribution is 6.27. The van der Waals surface area contributed by atoms with Gasteiger partial charge in [0, 0.05) is 59.8 Å². The Hall–Kier alpha value is -12.6. The van der Waals surface area contributed by atoms with Crippen LogP contribution < -0.4 is 0 Å². The summed E-state index contributed by atoms with van der Waals surface area (Å²) in [5.74, 6) is 1.24. The van der Waals surface area contributed by atoms with Crippen molar-refractivity contribution in [1.82, 2.24) is 24.1 Å². The minimum absolute atomic E-state index is 0.361. The van der Waals surface area contributed by atoms with E-state index in [0.717, 1.165) is 148 Å². The van der Waals surface area contributed by atoms with E-state index in [1.54, 1.807) is 0 Å². The number of nitrogens with zero attached hydrogens (tertiary/aromatic N) is 6. The SMILES string of the molecule is [C-]#[N+]c1cc(-c2nc(-c3ccccc3)nc(-c3cccc4c3oc3ccccc34)n2)c(-n2c3ccc(-c4ccccc4)cc3c3c4oc5ccccc5c4ccc32)c(-c2ccccc2)c1-n1c2ccc(-c3ccccc3)cc2c2c3oc4ccccc4c3ccc21. The van der Waals surface area contributed by atoms with Crippen LogP contribution >= 0.6 is 0 Å². The van der Waals surface area contributed by atoms with Gasteiger partial charge in [0.25, 0.3) is 0 Å². The average molecular weight is 1160 g/mol. The lowest BCUT2D eigenvalue weighted by Crippen LogP contribution is -2.08. The summed E-state index contributed by atoms with van der Waals surface area (Å²) in [6.45, 7) is 9.63. The first-order valence-electron chi connectivity index (χ1n) is 30.3. The van der Waals surface area contributed by atoms with Crippen molar-refractivity contribution in [2.45, 2.75) is 0 Å². The third-order valence-corrected chi connectivity index (χ3v) is 18.2. The van der Waals surface area contributed by atoms with Gasteiger partial charge in [0.1, 0.15) is 33.5 Å². The maximum Gasteiger partial charge on any atom is 0.212 e. The predicted octanol–water partition coefficient (Wildman–Crippen LogP) is 22.3. The summed E-state index contributed by atoms with van der Waals surface area (Å²) in [7, 11) is 0. The van der Waals surface area contributed by atoms with Crippen LogP contribution in [0, 0.1) is 6.57 Å². The van der Waals surface area contributed by atoms with E-state index in [4.69, 9.17) is 28.2 Å². The molecule has 0 N–H and O–H groups in total. The molecule has 422 valence electrons. The monoisotopic (exact) mass is 1160 g/mol. The molecule has 9 heteroatoms. The van der Waals surface area contributed by atoms with Crippen LogP contribution in [-0.4, -0.2) is 24.1 Å². The van der Waals surface area contributed by atoms with Gasteiger partial charge < -0.3 is 22.4 Å². The molecule has 6 aromatic heterocycles. The topological polar surface area (TPSA) is 92.3 Å². The second-order valence-corrected chi connectivity index (χ2v) is 23.2. The summed E-state index contributed by atoms with van der Waals surface area (Å²) < 4.78 is 25.5. The van der Waals surface area contributed by atoms with E-state index in [0.29, 0.717) is 45.6 Å². The van der Waals surface area contributed by atoms with Gasteiger partial charge in [-0.2, -0.15) is 0 Å². The predicted molar refractivity (Wildman–Crippen MR) is 369 cm³/mol. The van der Waals surface area contributed by atoms with E-state index in [-0.39, 0.29) is 0 Å². The Balaban J connectivity index is 1.02. The molecule has 0 spiro atoms. The fourth-order valence-corrected chi connectivity index (χ4v) is 14.2. The molecule has 0 saturated heterocycles. The number of benzene rings is 13. The van der Waals surface area contributed by atoms with Crippen molar-refractivity contribution in [3.8, 4) is 78.9 Å². The molecule has 0 radical (unpaired) electrons. The van der Waals surface area contributed by atoms with Gasteiger partial charge in [0.2, 0.25) is 5.69 Å². The zero-order valence-electron chi connectivity index (χ0n) is 48.5. The molecule has 0 aliphatic carbocycles. The Bertz CT molecular complexity index is 6270. The maximum absolute atomic E-state index is 9.63.